The third-order valence-electron chi connectivity index (χ3n) is 2.46. The first kappa shape index (κ1) is 10.6. The smallest absolute Gasteiger partial charge is 0.181 e. The van der Waals surface area contributed by atoms with Crippen LogP contribution in [-0.2, 0) is 9.84 Å². The summed E-state index contributed by atoms with van der Waals surface area (Å²) < 4.78 is 23.6. The highest BCUT2D eigenvalue weighted by Crippen LogP contribution is 2.33. The molecular weight excluding hydrogens is 236 g/mol. The number of fused-ring (bicyclic) bond motifs is 1. The molecule has 1 aliphatic heterocycles. The molecule has 0 saturated carbocycles. The summed E-state index contributed by atoms with van der Waals surface area (Å²) in [4.78, 5) is 11.7. The summed E-state index contributed by atoms with van der Waals surface area (Å²) in [5.74, 6) is -0.786. The quantitative estimate of drug-likeness (QED) is 0.701. The van der Waals surface area contributed by atoms with E-state index in [1.165, 1.54) is 12.1 Å². The van der Waals surface area contributed by atoms with Crippen molar-refractivity contribution in [3.05, 3.63) is 28.8 Å². The number of rotatable bonds is 0. The van der Waals surface area contributed by atoms with E-state index < -0.39 is 15.8 Å². The molecule has 0 radical (unpaired) electrons. The third kappa shape index (κ3) is 1.58. The number of ketones is 1. The molecule has 2 rings (SSSR count). The normalized spacial score (nSPS) is 23.6. The minimum Gasteiger partial charge on any atom is -0.294 e. The van der Waals surface area contributed by atoms with E-state index in [1.807, 2.05) is 0 Å². The number of carbonyl (C=O) groups is 1. The van der Waals surface area contributed by atoms with Crippen LogP contribution in [0.3, 0.4) is 0 Å². The zero-order chi connectivity index (χ0) is 11.2. The Morgan fingerprint density at radius 2 is 2.07 bits per heavy atom. The summed E-state index contributed by atoms with van der Waals surface area (Å²) >= 11 is 5.81. The van der Waals surface area contributed by atoms with Crippen LogP contribution in [-0.4, -0.2) is 20.0 Å². The number of hydrogen-bond acceptors (Lipinski definition) is 3. The predicted molar refractivity (Wildman–Crippen MR) is 57.0 cm³/mol. The Kier molecular flexibility index (Phi) is 2.35. The van der Waals surface area contributed by atoms with Gasteiger partial charge >= 0.3 is 0 Å². The van der Waals surface area contributed by atoms with Gasteiger partial charge in [0, 0.05) is 11.5 Å². The van der Waals surface area contributed by atoms with E-state index in [0.717, 1.165) is 0 Å². The minimum absolute atomic E-state index is 0.00485. The summed E-state index contributed by atoms with van der Waals surface area (Å²) in [6.45, 7) is 1.61. The Morgan fingerprint density at radius 3 is 2.73 bits per heavy atom. The molecule has 0 spiro atoms. The van der Waals surface area contributed by atoms with Gasteiger partial charge < -0.3 is 0 Å². The molecule has 3 nitrogen and oxygen atoms in total. The molecule has 0 fully saturated rings. The van der Waals surface area contributed by atoms with Gasteiger partial charge in [0.05, 0.1) is 15.7 Å². The van der Waals surface area contributed by atoms with Crippen LogP contribution < -0.4 is 0 Å². The topological polar surface area (TPSA) is 51.2 Å². The van der Waals surface area contributed by atoms with Crippen LogP contribution in [0.4, 0.5) is 0 Å². The highest BCUT2D eigenvalue weighted by Gasteiger charge is 2.35. The number of hydrogen-bond donors (Lipinski definition) is 0. The van der Waals surface area contributed by atoms with E-state index in [0.29, 0.717) is 0 Å². The van der Waals surface area contributed by atoms with Gasteiger partial charge in [-0.15, -0.1) is 0 Å². The average Bonchev–Trinajstić information content (AvgIpc) is 2.13. The maximum atomic E-state index is 11.8. The van der Waals surface area contributed by atoms with E-state index in [4.69, 9.17) is 11.6 Å². The van der Waals surface area contributed by atoms with Gasteiger partial charge in [0.25, 0.3) is 0 Å². The van der Waals surface area contributed by atoms with Crippen LogP contribution in [0.2, 0.25) is 5.02 Å². The van der Waals surface area contributed by atoms with Crippen LogP contribution in [0, 0.1) is 5.92 Å². The molecule has 1 unspecified atom stereocenters. The molecule has 1 atom stereocenters. The Bertz CT molecular complexity index is 534. The molecule has 1 aromatic carbocycles. The maximum absolute atomic E-state index is 11.8. The molecule has 0 amide bonds. The number of carbonyl (C=O) groups excluding carboxylic acids is 1. The number of sulfone groups is 1. The van der Waals surface area contributed by atoms with Gasteiger partial charge in [-0.2, -0.15) is 0 Å². The molecule has 0 aliphatic carbocycles. The van der Waals surface area contributed by atoms with Crippen LogP contribution in [0.25, 0.3) is 0 Å². The Labute approximate surface area is 93.0 Å². The number of Topliss-reactive ketones (excluding diaryl/α,β-unsaturated/α-hetero) is 1. The standard InChI is InChI=1S/C10H9ClO3S/c1-6-5-15(13,14)10-7(9(6)12)3-2-4-8(10)11/h2-4,6H,5H2,1H3. The second kappa shape index (κ2) is 3.32. The van der Waals surface area contributed by atoms with Crippen molar-refractivity contribution in [3.8, 4) is 0 Å². The van der Waals surface area contributed by atoms with E-state index in [1.54, 1.807) is 13.0 Å². The van der Waals surface area contributed by atoms with Crippen LogP contribution >= 0.6 is 11.6 Å². The van der Waals surface area contributed by atoms with E-state index >= 15 is 0 Å². The van der Waals surface area contributed by atoms with Gasteiger partial charge in [0.15, 0.2) is 15.6 Å². The van der Waals surface area contributed by atoms with Gasteiger partial charge in [0.1, 0.15) is 0 Å². The first-order valence-electron chi connectivity index (χ1n) is 4.49. The second-order valence-corrected chi connectivity index (χ2v) is 6.04. The van der Waals surface area contributed by atoms with Gasteiger partial charge in [-0.3, -0.25) is 4.79 Å². The number of benzene rings is 1. The summed E-state index contributed by atoms with van der Waals surface area (Å²) in [5.41, 5.74) is 0.223. The molecule has 1 heterocycles. The zero-order valence-corrected chi connectivity index (χ0v) is 9.60. The predicted octanol–water partition coefficient (Wildman–Crippen LogP) is 1.95. The molecule has 0 aromatic heterocycles. The summed E-state index contributed by atoms with van der Waals surface area (Å²) in [6.07, 6.45) is 0. The lowest BCUT2D eigenvalue weighted by Crippen LogP contribution is -2.29. The lowest BCUT2D eigenvalue weighted by Gasteiger charge is -2.20. The van der Waals surface area contributed by atoms with Crippen molar-refractivity contribution in [2.45, 2.75) is 11.8 Å². The van der Waals surface area contributed by atoms with E-state index in [9.17, 15) is 13.2 Å². The van der Waals surface area contributed by atoms with Gasteiger partial charge in [-0.25, -0.2) is 8.42 Å². The fraction of sp³-hybridized carbons (Fsp3) is 0.300. The van der Waals surface area contributed by atoms with Crippen molar-refractivity contribution in [3.63, 3.8) is 0 Å². The first-order valence-corrected chi connectivity index (χ1v) is 6.52. The van der Waals surface area contributed by atoms with Crippen molar-refractivity contribution >= 4 is 27.2 Å². The molecular formula is C10H9ClO3S. The van der Waals surface area contributed by atoms with Gasteiger partial charge in [-0.1, -0.05) is 24.6 Å². The fourth-order valence-electron chi connectivity index (χ4n) is 1.77. The molecule has 0 saturated heterocycles. The Hall–Kier alpha value is -0.870. The summed E-state index contributed by atoms with van der Waals surface area (Å²) in [7, 11) is -3.41. The van der Waals surface area contributed by atoms with Gasteiger partial charge in [-0.05, 0) is 12.1 Å². The molecule has 80 valence electrons. The van der Waals surface area contributed by atoms with Crippen LogP contribution in [0.5, 0.6) is 0 Å². The fourth-order valence-corrected chi connectivity index (χ4v) is 4.14. The minimum atomic E-state index is -3.41. The molecule has 0 bridgehead atoms. The number of halogens is 1. The maximum Gasteiger partial charge on any atom is 0.181 e. The van der Waals surface area contributed by atoms with Crippen molar-refractivity contribution in [2.75, 3.05) is 5.75 Å². The largest absolute Gasteiger partial charge is 0.294 e. The highest BCUT2D eigenvalue weighted by atomic mass is 35.5. The van der Waals surface area contributed by atoms with Crippen molar-refractivity contribution in [1.29, 1.82) is 0 Å². The van der Waals surface area contributed by atoms with Crippen molar-refractivity contribution in [1.82, 2.24) is 0 Å². The van der Waals surface area contributed by atoms with E-state index in [2.05, 4.69) is 0 Å². The van der Waals surface area contributed by atoms with Gasteiger partial charge in [0.2, 0.25) is 0 Å². The molecule has 0 N–H and O–H groups in total. The monoisotopic (exact) mass is 244 g/mol. The Morgan fingerprint density at radius 1 is 1.40 bits per heavy atom. The highest BCUT2D eigenvalue weighted by molar-refractivity contribution is 7.91. The molecule has 1 aromatic rings. The lowest BCUT2D eigenvalue weighted by molar-refractivity contribution is 0.0933. The van der Waals surface area contributed by atoms with E-state index in [-0.39, 0.29) is 27.0 Å². The third-order valence-corrected chi connectivity index (χ3v) is 4.89. The Balaban J connectivity index is 2.82. The molecule has 5 heteroatoms. The lowest BCUT2D eigenvalue weighted by atomic mass is 10.0. The van der Waals surface area contributed by atoms with Crippen LogP contribution in [0.15, 0.2) is 23.1 Å². The second-order valence-electron chi connectivity index (χ2n) is 3.66. The van der Waals surface area contributed by atoms with Crippen molar-refractivity contribution < 1.29 is 13.2 Å². The SMILES string of the molecule is CC1CS(=O)(=O)c2c(Cl)cccc2C1=O. The summed E-state index contributed by atoms with van der Waals surface area (Å²) in [6, 6.07) is 4.59. The van der Waals surface area contributed by atoms with Crippen LogP contribution in [0.1, 0.15) is 17.3 Å². The molecule has 15 heavy (non-hydrogen) atoms. The average molecular weight is 245 g/mol. The first-order chi connectivity index (χ1) is 6.93. The summed E-state index contributed by atoms with van der Waals surface area (Å²) in [5, 5.41) is 0.132. The zero-order valence-electron chi connectivity index (χ0n) is 8.03. The van der Waals surface area contributed by atoms with Crippen molar-refractivity contribution in [2.24, 2.45) is 5.92 Å². The molecule has 1 aliphatic rings.